The largest absolute Gasteiger partial charge is 0.496 e. The van der Waals surface area contributed by atoms with Gasteiger partial charge in [0.25, 0.3) is 0 Å². The van der Waals surface area contributed by atoms with Crippen LogP contribution < -0.4 is 15.2 Å². The molecule has 0 saturated carbocycles. The highest BCUT2D eigenvalue weighted by molar-refractivity contribution is 5.82. The summed E-state index contributed by atoms with van der Waals surface area (Å²) < 4.78 is 10.7. The molecule has 1 heterocycles. The molecule has 0 aliphatic carbocycles. The minimum absolute atomic E-state index is 0.576. The van der Waals surface area contributed by atoms with Gasteiger partial charge in [0.15, 0.2) is 5.75 Å². The first-order valence-electron chi connectivity index (χ1n) is 5.18. The highest BCUT2D eigenvalue weighted by Crippen LogP contribution is 2.41. The van der Waals surface area contributed by atoms with Gasteiger partial charge in [0, 0.05) is 18.0 Å². The van der Waals surface area contributed by atoms with E-state index in [0.29, 0.717) is 17.2 Å². The summed E-state index contributed by atoms with van der Waals surface area (Å²) in [5.74, 6) is 1.32. The molecule has 17 heavy (non-hydrogen) atoms. The molecule has 0 fully saturated rings. The van der Waals surface area contributed by atoms with Gasteiger partial charge >= 0.3 is 0 Å². The summed E-state index contributed by atoms with van der Waals surface area (Å²) in [7, 11) is 3.20. The van der Waals surface area contributed by atoms with Gasteiger partial charge in [-0.3, -0.25) is 4.98 Å². The Bertz CT molecular complexity index is 512. The van der Waals surface area contributed by atoms with Crippen molar-refractivity contribution in [3.05, 3.63) is 36.7 Å². The second kappa shape index (κ2) is 4.74. The zero-order valence-corrected chi connectivity index (χ0v) is 9.81. The molecule has 4 nitrogen and oxygen atoms in total. The average molecular weight is 230 g/mol. The van der Waals surface area contributed by atoms with Crippen LogP contribution in [0.15, 0.2) is 36.7 Å². The SMILES string of the molecule is COc1ccc(N)c(OC)c1-c1cccnc1. The summed E-state index contributed by atoms with van der Waals surface area (Å²) in [6.07, 6.45) is 3.47. The van der Waals surface area contributed by atoms with Gasteiger partial charge in [-0.2, -0.15) is 0 Å². The molecule has 0 bridgehead atoms. The third-order valence-corrected chi connectivity index (χ3v) is 2.52. The van der Waals surface area contributed by atoms with E-state index in [0.717, 1.165) is 11.1 Å². The number of hydrogen-bond acceptors (Lipinski definition) is 4. The van der Waals surface area contributed by atoms with E-state index >= 15 is 0 Å². The normalized spacial score (nSPS) is 10.0. The fraction of sp³-hybridized carbons (Fsp3) is 0.154. The molecule has 0 amide bonds. The Balaban J connectivity index is 2.69. The van der Waals surface area contributed by atoms with Crippen molar-refractivity contribution in [2.24, 2.45) is 0 Å². The maximum atomic E-state index is 5.89. The van der Waals surface area contributed by atoms with E-state index in [-0.39, 0.29) is 0 Å². The quantitative estimate of drug-likeness (QED) is 0.822. The van der Waals surface area contributed by atoms with Crippen LogP contribution in [0.1, 0.15) is 0 Å². The van der Waals surface area contributed by atoms with Gasteiger partial charge in [-0.05, 0) is 18.2 Å². The van der Waals surface area contributed by atoms with Crippen LogP contribution >= 0.6 is 0 Å². The molecular weight excluding hydrogens is 216 g/mol. The van der Waals surface area contributed by atoms with Gasteiger partial charge in [-0.15, -0.1) is 0 Å². The Morgan fingerprint density at radius 3 is 2.53 bits per heavy atom. The predicted octanol–water partition coefficient (Wildman–Crippen LogP) is 2.35. The third kappa shape index (κ3) is 2.01. The average Bonchev–Trinajstić information content (AvgIpc) is 2.39. The molecule has 0 atom stereocenters. The topological polar surface area (TPSA) is 57.4 Å². The summed E-state index contributed by atoms with van der Waals surface area (Å²) in [5, 5.41) is 0. The van der Waals surface area contributed by atoms with E-state index in [2.05, 4.69) is 4.98 Å². The zero-order chi connectivity index (χ0) is 12.3. The number of pyridine rings is 1. The lowest BCUT2D eigenvalue weighted by Crippen LogP contribution is -1.98. The van der Waals surface area contributed by atoms with Crippen LogP contribution in [0, 0.1) is 0 Å². The van der Waals surface area contributed by atoms with E-state index in [1.54, 1.807) is 32.7 Å². The van der Waals surface area contributed by atoms with Crippen LogP contribution in [0.25, 0.3) is 11.1 Å². The first-order chi connectivity index (χ1) is 8.27. The Morgan fingerprint density at radius 1 is 1.12 bits per heavy atom. The molecule has 0 radical (unpaired) electrons. The minimum atomic E-state index is 0.576. The maximum Gasteiger partial charge on any atom is 0.153 e. The number of anilines is 1. The smallest absolute Gasteiger partial charge is 0.153 e. The number of nitrogens with two attached hydrogens (primary N) is 1. The van der Waals surface area contributed by atoms with Crippen LogP contribution in [0.5, 0.6) is 11.5 Å². The van der Waals surface area contributed by atoms with E-state index < -0.39 is 0 Å². The Morgan fingerprint density at radius 2 is 1.94 bits per heavy atom. The third-order valence-electron chi connectivity index (χ3n) is 2.52. The number of nitrogens with zero attached hydrogens (tertiary/aromatic N) is 1. The van der Waals surface area contributed by atoms with Crippen molar-refractivity contribution in [2.45, 2.75) is 0 Å². The summed E-state index contributed by atoms with van der Waals surface area (Å²) in [4.78, 5) is 4.09. The number of hydrogen-bond donors (Lipinski definition) is 1. The number of nitrogen functional groups attached to an aromatic ring is 1. The maximum absolute atomic E-state index is 5.89. The number of aromatic nitrogens is 1. The number of rotatable bonds is 3. The highest BCUT2D eigenvalue weighted by atomic mass is 16.5. The summed E-state index contributed by atoms with van der Waals surface area (Å²) >= 11 is 0. The lowest BCUT2D eigenvalue weighted by Gasteiger charge is -2.14. The van der Waals surface area contributed by atoms with Crippen LogP contribution in [0.2, 0.25) is 0 Å². The van der Waals surface area contributed by atoms with Crippen molar-refractivity contribution < 1.29 is 9.47 Å². The lowest BCUT2D eigenvalue weighted by molar-refractivity contribution is 0.398. The van der Waals surface area contributed by atoms with Crippen molar-refractivity contribution in [3.63, 3.8) is 0 Å². The monoisotopic (exact) mass is 230 g/mol. The molecule has 0 spiro atoms. The zero-order valence-electron chi connectivity index (χ0n) is 9.81. The number of benzene rings is 1. The second-order valence-corrected chi connectivity index (χ2v) is 3.51. The van der Waals surface area contributed by atoms with E-state index in [1.807, 2.05) is 18.2 Å². The lowest BCUT2D eigenvalue weighted by atomic mass is 10.0. The highest BCUT2D eigenvalue weighted by Gasteiger charge is 2.15. The minimum Gasteiger partial charge on any atom is -0.496 e. The Hall–Kier alpha value is -2.23. The molecule has 0 unspecified atom stereocenters. The van der Waals surface area contributed by atoms with Crippen molar-refractivity contribution in [3.8, 4) is 22.6 Å². The molecule has 1 aromatic carbocycles. The van der Waals surface area contributed by atoms with Crippen molar-refractivity contribution in [1.82, 2.24) is 4.98 Å². The number of ether oxygens (including phenoxy) is 2. The van der Waals surface area contributed by atoms with E-state index in [1.165, 1.54) is 0 Å². The molecule has 4 heteroatoms. The summed E-state index contributed by atoms with van der Waals surface area (Å²) in [6, 6.07) is 7.38. The van der Waals surface area contributed by atoms with Crippen molar-refractivity contribution in [1.29, 1.82) is 0 Å². The molecule has 2 rings (SSSR count). The molecule has 2 N–H and O–H groups in total. The van der Waals surface area contributed by atoms with Crippen molar-refractivity contribution >= 4 is 5.69 Å². The molecular formula is C13H14N2O2. The number of methoxy groups -OCH3 is 2. The van der Waals surface area contributed by atoms with Crippen LogP contribution in [0.4, 0.5) is 5.69 Å². The summed E-state index contributed by atoms with van der Waals surface area (Å²) in [6.45, 7) is 0. The van der Waals surface area contributed by atoms with Crippen LogP contribution in [0.3, 0.4) is 0 Å². The first-order valence-corrected chi connectivity index (χ1v) is 5.18. The summed E-state index contributed by atoms with van der Waals surface area (Å²) in [5.41, 5.74) is 8.20. The molecule has 0 saturated heterocycles. The van der Waals surface area contributed by atoms with Gasteiger partial charge in [0.2, 0.25) is 0 Å². The van der Waals surface area contributed by atoms with E-state index in [9.17, 15) is 0 Å². The predicted molar refractivity (Wildman–Crippen MR) is 67.2 cm³/mol. The van der Waals surface area contributed by atoms with Gasteiger partial charge < -0.3 is 15.2 Å². The molecule has 2 aromatic rings. The molecule has 88 valence electrons. The fourth-order valence-corrected chi connectivity index (χ4v) is 1.75. The van der Waals surface area contributed by atoms with E-state index in [4.69, 9.17) is 15.2 Å². The fourth-order valence-electron chi connectivity index (χ4n) is 1.75. The Kier molecular flexibility index (Phi) is 3.14. The first kappa shape index (κ1) is 11.3. The molecule has 0 aliphatic heterocycles. The Labute approximate surface area is 100 Å². The van der Waals surface area contributed by atoms with Crippen LogP contribution in [-0.2, 0) is 0 Å². The van der Waals surface area contributed by atoms with Crippen LogP contribution in [-0.4, -0.2) is 19.2 Å². The molecule has 0 aliphatic rings. The van der Waals surface area contributed by atoms with Gasteiger partial charge in [0.1, 0.15) is 5.75 Å². The van der Waals surface area contributed by atoms with Gasteiger partial charge in [-0.1, -0.05) is 6.07 Å². The van der Waals surface area contributed by atoms with Gasteiger partial charge in [0.05, 0.1) is 25.5 Å². The second-order valence-electron chi connectivity index (χ2n) is 3.51. The standard InChI is InChI=1S/C13H14N2O2/c1-16-11-6-5-10(14)13(17-2)12(11)9-4-3-7-15-8-9/h3-8H,14H2,1-2H3. The van der Waals surface area contributed by atoms with Crippen molar-refractivity contribution in [2.75, 3.05) is 20.0 Å². The van der Waals surface area contributed by atoms with Gasteiger partial charge in [-0.25, -0.2) is 0 Å². The molecule has 1 aromatic heterocycles.